The van der Waals surface area contributed by atoms with Crippen LogP contribution in [0.5, 0.6) is 0 Å². The Bertz CT molecular complexity index is 404. The summed E-state index contributed by atoms with van der Waals surface area (Å²) in [6.45, 7) is 2.45. The van der Waals surface area contributed by atoms with Gasteiger partial charge >= 0.3 is 0 Å². The van der Waals surface area contributed by atoms with Gasteiger partial charge in [0, 0.05) is 12.5 Å². The van der Waals surface area contributed by atoms with Crippen molar-refractivity contribution in [2.24, 2.45) is 10.7 Å². The quantitative estimate of drug-likeness (QED) is 0.850. The van der Waals surface area contributed by atoms with E-state index in [0.717, 1.165) is 5.56 Å². The molecule has 3 nitrogen and oxygen atoms in total. The number of nitrogens with zero attached hydrogens (tertiary/aromatic N) is 1. The zero-order valence-corrected chi connectivity index (χ0v) is 9.19. The van der Waals surface area contributed by atoms with Crippen molar-refractivity contribution in [3.8, 4) is 0 Å². The third-order valence-corrected chi connectivity index (χ3v) is 2.43. The van der Waals surface area contributed by atoms with Crippen LogP contribution in [0, 0.1) is 5.82 Å². The van der Waals surface area contributed by atoms with E-state index in [2.05, 4.69) is 4.99 Å². The van der Waals surface area contributed by atoms with Crippen LogP contribution in [0.25, 0.3) is 0 Å². The molecule has 0 aromatic heterocycles. The van der Waals surface area contributed by atoms with Crippen LogP contribution in [0.3, 0.4) is 0 Å². The van der Waals surface area contributed by atoms with Crippen molar-refractivity contribution in [1.29, 1.82) is 0 Å². The molecule has 2 atom stereocenters. The number of benzene rings is 1. The van der Waals surface area contributed by atoms with Gasteiger partial charge in [0.1, 0.15) is 11.9 Å². The molecule has 2 rings (SSSR count). The molecule has 0 spiro atoms. The first-order valence-corrected chi connectivity index (χ1v) is 5.36. The number of halogens is 1. The third-order valence-electron chi connectivity index (χ3n) is 2.43. The molecule has 0 bridgehead atoms. The molecule has 0 saturated heterocycles. The fourth-order valence-electron chi connectivity index (χ4n) is 1.69. The Morgan fingerprint density at radius 2 is 2.44 bits per heavy atom. The molecule has 2 unspecified atom stereocenters. The average Bonchev–Trinajstić information content (AvgIpc) is 2.65. The first-order chi connectivity index (χ1) is 7.65. The van der Waals surface area contributed by atoms with Gasteiger partial charge in [0.2, 0.25) is 0 Å². The predicted octanol–water partition coefficient (Wildman–Crippen LogP) is 2.03. The molecule has 0 fully saturated rings. The van der Waals surface area contributed by atoms with Crippen LogP contribution < -0.4 is 5.73 Å². The van der Waals surface area contributed by atoms with Crippen molar-refractivity contribution in [2.75, 3.05) is 6.54 Å². The van der Waals surface area contributed by atoms with E-state index in [0.29, 0.717) is 18.9 Å². The summed E-state index contributed by atoms with van der Waals surface area (Å²) in [6.07, 6.45) is 0.468. The monoisotopic (exact) mass is 222 g/mol. The van der Waals surface area contributed by atoms with Gasteiger partial charge in [-0.25, -0.2) is 4.39 Å². The summed E-state index contributed by atoms with van der Waals surface area (Å²) in [4.78, 5) is 4.26. The normalized spacial score (nSPS) is 21.4. The first-order valence-electron chi connectivity index (χ1n) is 5.36. The van der Waals surface area contributed by atoms with Crippen molar-refractivity contribution in [3.63, 3.8) is 0 Å². The summed E-state index contributed by atoms with van der Waals surface area (Å²) >= 11 is 0. The molecule has 86 valence electrons. The summed E-state index contributed by atoms with van der Waals surface area (Å²) < 4.78 is 18.6. The molecule has 0 amide bonds. The summed E-state index contributed by atoms with van der Waals surface area (Å²) in [6, 6.07) is 6.46. The zero-order valence-electron chi connectivity index (χ0n) is 9.19. The lowest BCUT2D eigenvalue weighted by Gasteiger charge is -2.12. The predicted molar refractivity (Wildman–Crippen MR) is 60.8 cm³/mol. The second kappa shape index (κ2) is 4.61. The fourth-order valence-corrected chi connectivity index (χ4v) is 1.69. The lowest BCUT2D eigenvalue weighted by atomic mass is 10.1. The van der Waals surface area contributed by atoms with E-state index in [9.17, 15) is 4.39 Å². The highest BCUT2D eigenvalue weighted by atomic mass is 19.1. The molecule has 0 aliphatic carbocycles. The Labute approximate surface area is 94.1 Å². The van der Waals surface area contributed by atoms with Gasteiger partial charge in [-0.15, -0.1) is 0 Å². The molecule has 1 aliphatic heterocycles. The number of aliphatic imine (C=N–C) groups is 1. The molecule has 2 N–H and O–H groups in total. The van der Waals surface area contributed by atoms with Crippen molar-refractivity contribution in [2.45, 2.75) is 25.5 Å². The van der Waals surface area contributed by atoms with Gasteiger partial charge in [-0.2, -0.15) is 0 Å². The summed E-state index contributed by atoms with van der Waals surface area (Å²) in [7, 11) is 0. The standard InChI is InChI=1S/C12H15FN2O/c1-8(14)5-12-15-7-11(16-12)9-3-2-4-10(13)6-9/h2-4,6,8,11H,5,7,14H2,1H3. The molecular formula is C12H15FN2O. The van der Waals surface area contributed by atoms with Crippen LogP contribution >= 0.6 is 0 Å². The molecule has 0 saturated carbocycles. The smallest absolute Gasteiger partial charge is 0.185 e. The molecule has 1 aromatic rings. The highest BCUT2D eigenvalue weighted by molar-refractivity contribution is 5.78. The number of hydrogen-bond donors (Lipinski definition) is 1. The van der Waals surface area contributed by atoms with E-state index in [4.69, 9.17) is 10.5 Å². The molecule has 1 heterocycles. The van der Waals surface area contributed by atoms with Gasteiger partial charge in [-0.3, -0.25) is 4.99 Å². The Morgan fingerprint density at radius 1 is 1.62 bits per heavy atom. The van der Waals surface area contributed by atoms with E-state index < -0.39 is 0 Å². The van der Waals surface area contributed by atoms with Crippen LogP contribution in [0.2, 0.25) is 0 Å². The van der Waals surface area contributed by atoms with Gasteiger partial charge in [0.15, 0.2) is 5.90 Å². The molecule has 1 aliphatic rings. The molecular weight excluding hydrogens is 207 g/mol. The highest BCUT2D eigenvalue weighted by Crippen LogP contribution is 2.24. The van der Waals surface area contributed by atoms with E-state index in [1.807, 2.05) is 13.0 Å². The average molecular weight is 222 g/mol. The summed E-state index contributed by atoms with van der Waals surface area (Å²) in [5, 5.41) is 0. The van der Waals surface area contributed by atoms with Crippen molar-refractivity contribution >= 4 is 5.90 Å². The van der Waals surface area contributed by atoms with E-state index in [1.54, 1.807) is 6.07 Å². The van der Waals surface area contributed by atoms with Crippen molar-refractivity contribution in [1.82, 2.24) is 0 Å². The number of nitrogens with two attached hydrogens (primary N) is 1. The molecule has 1 aromatic carbocycles. The fraction of sp³-hybridized carbons (Fsp3) is 0.417. The number of hydrogen-bond acceptors (Lipinski definition) is 3. The summed E-state index contributed by atoms with van der Waals surface area (Å²) in [5.41, 5.74) is 6.48. The van der Waals surface area contributed by atoms with Gasteiger partial charge in [0.25, 0.3) is 0 Å². The number of rotatable bonds is 3. The molecule has 4 heteroatoms. The largest absolute Gasteiger partial charge is 0.471 e. The minimum atomic E-state index is -0.248. The highest BCUT2D eigenvalue weighted by Gasteiger charge is 2.22. The van der Waals surface area contributed by atoms with E-state index in [1.165, 1.54) is 12.1 Å². The maximum Gasteiger partial charge on any atom is 0.185 e. The van der Waals surface area contributed by atoms with Gasteiger partial charge in [-0.1, -0.05) is 12.1 Å². The van der Waals surface area contributed by atoms with Crippen LogP contribution in [0.4, 0.5) is 4.39 Å². The Hall–Kier alpha value is -1.42. The van der Waals surface area contributed by atoms with Crippen molar-refractivity contribution in [3.05, 3.63) is 35.6 Å². The lowest BCUT2D eigenvalue weighted by molar-refractivity contribution is 0.222. The number of ether oxygens (including phenoxy) is 1. The van der Waals surface area contributed by atoms with Gasteiger partial charge < -0.3 is 10.5 Å². The van der Waals surface area contributed by atoms with Crippen LogP contribution in [-0.4, -0.2) is 18.5 Å². The topological polar surface area (TPSA) is 47.6 Å². The third kappa shape index (κ3) is 2.58. The minimum absolute atomic E-state index is 0.0324. The Morgan fingerprint density at radius 3 is 3.12 bits per heavy atom. The Balaban J connectivity index is 2.01. The zero-order chi connectivity index (χ0) is 11.5. The Kier molecular flexibility index (Phi) is 3.19. The van der Waals surface area contributed by atoms with Gasteiger partial charge in [-0.05, 0) is 24.6 Å². The second-order valence-corrected chi connectivity index (χ2v) is 4.08. The van der Waals surface area contributed by atoms with E-state index in [-0.39, 0.29) is 18.0 Å². The summed E-state index contributed by atoms with van der Waals surface area (Å²) in [5.74, 6) is 0.422. The molecule has 0 radical (unpaired) electrons. The minimum Gasteiger partial charge on any atom is -0.471 e. The van der Waals surface area contributed by atoms with E-state index >= 15 is 0 Å². The first kappa shape index (κ1) is 11.1. The maximum absolute atomic E-state index is 13.0. The lowest BCUT2D eigenvalue weighted by Crippen LogP contribution is -2.20. The van der Waals surface area contributed by atoms with Gasteiger partial charge in [0.05, 0.1) is 6.54 Å². The van der Waals surface area contributed by atoms with Crippen molar-refractivity contribution < 1.29 is 9.13 Å². The SMILES string of the molecule is CC(N)CC1=NCC(c2cccc(F)c2)O1. The van der Waals surface area contributed by atoms with Crippen LogP contribution in [0.1, 0.15) is 25.0 Å². The second-order valence-electron chi connectivity index (χ2n) is 4.08. The molecule has 16 heavy (non-hydrogen) atoms. The van der Waals surface area contributed by atoms with Crippen LogP contribution in [0.15, 0.2) is 29.3 Å². The van der Waals surface area contributed by atoms with Crippen LogP contribution in [-0.2, 0) is 4.74 Å². The maximum atomic E-state index is 13.0.